The van der Waals surface area contributed by atoms with Crippen molar-refractivity contribution >= 4 is 17.5 Å². The van der Waals surface area contributed by atoms with Gasteiger partial charge in [-0.25, -0.2) is 4.79 Å². The minimum atomic E-state index is -4.28. The van der Waals surface area contributed by atoms with Gasteiger partial charge < -0.3 is 4.84 Å². The minimum absolute atomic E-state index is 0.0809. The summed E-state index contributed by atoms with van der Waals surface area (Å²) in [6, 6.07) is 12.9. The van der Waals surface area contributed by atoms with Crippen LogP contribution < -0.4 is 0 Å². The quantitative estimate of drug-likeness (QED) is 0.147. The molecule has 1 atom stereocenters. The van der Waals surface area contributed by atoms with E-state index in [1.165, 1.54) is 13.3 Å². The molecule has 7 heteroatoms. The van der Waals surface area contributed by atoms with E-state index in [1.54, 1.807) is 12.1 Å². The van der Waals surface area contributed by atoms with Crippen LogP contribution in [0.2, 0.25) is 0 Å². The molecule has 0 aliphatic heterocycles. The molecule has 2 aliphatic rings. The Bertz CT molecular complexity index is 1180. The van der Waals surface area contributed by atoms with Gasteiger partial charge in [-0.3, -0.25) is 4.79 Å². The van der Waals surface area contributed by atoms with Gasteiger partial charge in [0.05, 0.1) is 0 Å². The lowest BCUT2D eigenvalue weighted by Crippen LogP contribution is -2.28. The Balaban J connectivity index is 1.75. The fourth-order valence-corrected chi connectivity index (χ4v) is 6.16. The molecule has 0 spiro atoms. The minimum Gasteiger partial charge on any atom is -0.318 e. The van der Waals surface area contributed by atoms with Crippen molar-refractivity contribution in [3.05, 3.63) is 59.2 Å². The van der Waals surface area contributed by atoms with Gasteiger partial charge in [-0.2, -0.15) is 13.2 Å². The number of carbonyl (C=O) groups is 2. The van der Waals surface area contributed by atoms with Crippen LogP contribution in [0, 0.1) is 5.92 Å². The van der Waals surface area contributed by atoms with E-state index in [9.17, 15) is 22.8 Å². The third kappa shape index (κ3) is 5.97. The Morgan fingerprint density at radius 2 is 1.70 bits per heavy atom. The van der Waals surface area contributed by atoms with Crippen molar-refractivity contribution in [1.82, 2.24) is 0 Å². The maximum absolute atomic E-state index is 13.7. The maximum Gasteiger partial charge on any atom is 0.389 e. The van der Waals surface area contributed by atoms with Crippen LogP contribution in [0.3, 0.4) is 0 Å². The van der Waals surface area contributed by atoms with Crippen molar-refractivity contribution < 1.29 is 27.6 Å². The van der Waals surface area contributed by atoms with Crippen LogP contribution >= 0.6 is 0 Å². The number of nitrogens with zero attached hydrogens (tertiary/aromatic N) is 1. The second kappa shape index (κ2) is 11.2. The molecule has 4 nitrogen and oxygen atoms in total. The first kappa shape index (κ1) is 27.1. The number of alkyl halides is 3. The zero-order valence-corrected chi connectivity index (χ0v) is 21.5. The SMILES string of the molecule is CCCC1(CCC(F)(F)F)c2ccccc2-c2ccc(C(=O)/C(CC3CCCCC3)=N/OC(C)=O)cc21. The van der Waals surface area contributed by atoms with Crippen LogP contribution in [-0.4, -0.2) is 23.6 Å². The van der Waals surface area contributed by atoms with Gasteiger partial charge in [0.1, 0.15) is 5.71 Å². The largest absolute Gasteiger partial charge is 0.389 e. The molecule has 0 N–H and O–H groups in total. The number of ketones is 1. The van der Waals surface area contributed by atoms with Gasteiger partial charge in [0.15, 0.2) is 0 Å². The highest BCUT2D eigenvalue weighted by molar-refractivity contribution is 6.46. The normalized spacial score (nSPS) is 19.9. The van der Waals surface area contributed by atoms with Gasteiger partial charge >= 0.3 is 12.1 Å². The first-order valence-electron chi connectivity index (χ1n) is 13.2. The van der Waals surface area contributed by atoms with Crippen molar-refractivity contribution in [2.75, 3.05) is 0 Å². The van der Waals surface area contributed by atoms with Gasteiger partial charge in [-0.05, 0) is 53.5 Å². The van der Waals surface area contributed by atoms with Crippen LogP contribution in [0.1, 0.15) is 99.5 Å². The van der Waals surface area contributed by atoms with Gasteiger partial charge in [0, 0.05) is 24.3 Å². The van der Waals surface area contributed by atoms with Crippen LogP contribution in [0.4, 0.5) is 13.2 Å². The number of rotatable bonds is 9. The van der Waals surface area contributed by atoms with Crippen molar-refractivity contribution in [3.63, 3.8) is 0 Å². The first-order valence-corrected chi connectivity index (χ1v) is 13.2. The summed E-state index contributed by atoms with van der Waals surface area (Å²) in [5, 5.41) is 3.94. The molecule has 1 fully saturated rings. The second-order valence-corrected chi connectivity index (χ2v) is 10.4. The third-order valence-electron chi connectivity index (χ3n) is 7.80. The Kier molecular flexibility index (Phi) is 8.20. The molecule has 37 heavy (non-hydrogen) atoms. The molecule has 2 aliphatic carbocycles. The number of hydrogen-bond acceptors (Lipinski definition) is 4. The average Bonchev–Trinajstić information content (AvgIpc) is 3.15. The number of oxime groups is 1. The highest BCUT2D eigenvalue weighted by Crippen LogP contribution is 2.54. The second-order valence-electron chi connectivity index (χ2n) is 10.4. The molecular weight excluding hydrogens is 479 g/mol. The molecule has 0 saturated heterocycles. The molecule has 2 aromatic rings. The Labute approximate surface area is 216 Å². The Morgan fingerprint density at radius 3 is 2.38 bits per heavy atom. The van der Waals surface area contributed by atoms with Gasteiger partial charge in [-0.1, -0.05) is 87.0 Å². The molecule has 1 unspecified atom stereocenters. The van der Waals surface area contributed by atoms with E-state index in [0.717, 1.165) is 47.9 Å². The molecule has 4 rings (SSSR count). The summed E-state index contributed by atoms with van der Waals surface area (Å²) in [6.45, 7) is 3.21. The highest BCUT2D eigenvalue weighted by Gasteiger charge is 2.45. The Hall–Kier alpha value is -2.96. The fourth-order valence-electron chi connectivity index (χ4n) is 6.16. The number of halogens is 3. The van der Waals surface area contributed by atoms with E-state index >= 15 is 0 Å². The zero-order valence-electron chi connectivity index (χ0n) is 21.5. The van der Waals surface area contributed by atoms with E-state index in [0.29, 0.717) is 24.8 Å². The number of benzene rings is 2. The van der Waals surface area contributed by atoms with Crippen molar-refractivity contribution in [1.29, 1.82) is 0 Å². The summed E-state index contributed by atoms with van der Waals surface area (Å²) < 4.78 is 40.3. The first-order chi connectivity index (χ1) is 17.6. The monoisotopic (exact) mass is 513 g/mol. The molecule has 198 valence electrons. The van der Waals surface area contributed by atoms with Crippen molar-refractivity contribution in [2.45, 2.75) is 89.6 Å². The lowest BCUT2D eigenvalue weighted by Gasteiger charge is -2.33. The van der Waals surface area contributed by atoms with E-state index in [-0.39, 0.29) is 23.8 Å². The summed E-state index contributed by atoms with van der Waals surface area (Å²) in [6.07, 6.45) is 1.72. The summed E-state index contributed by atoms with van der Waals surface area (Å²) in [7, 11) is 0. The van der Waals surface area contributed by atoms with Crippen molar-refractivity contribution in [3.8, 4) is 11.1 Å². The van der Waals surface area contributed by atoms with Crippen molar-refractivity contribution in [2.24, 2.45) is 11.1 Å². The summed E-state index contributed by atoms with van der Waals surface area (Å²) in [5.41, 5.74) is 3.15. The van der Waals surface area contributed by atoms with Gasteiger partial charge in [-0.15, -0.1) is 0 Å². The standard InChI is InChI=1S/C30H34F3NO3/c1-3-15-29(16-17-30(31,32)33)25-12-8-7-11-23(25)24-14-13-22(19-26(24)29)28(36)27(34-37-20(2)35)18-21-9-5-4-6-10-21/h7-8,11-14,19,21H,3-6,9-10,15-18H2,1-2H3/b34-27+. The smallest absolute Gasteiger partial charge is 0.318 e. The number of carbonyl (C=O) groups excluding carboxylic acids is 2. The molecule has 0 aromatic heterocycles. The number of fused-ring (bicyclic) bond motifs is 3. The number of Topliss-reactive ketones (excluding diaryl/α,β-unsaturated/α-hetero) is 1. The molecule has 1 saturated carbocycles. The lowest BCUT2D eigenvalue weighted by molar-refractivity contribution is -0.141. The highest BCUT2D eigenvalue weighted by atomic mass is 19.4. The predicted octanol–water partition coefficient (Wildman–Crippen LogP) is 8.17. The molecule has 0 heterocycles. The number of hydrogen-bond donors (Lipinski definition) is 0. The topological polar surface area (TPSA) is 55.7 Å². The van der Waals surface area contributed by atoms with E-state index in [2.05, 4.69) is 5.16 Å². The van der Waals surface area contributed by atoms with Gasteiger partial charge in [0.2, 0.25) is 5.78 Å². The average molecular weight is 514 g/mol. The molecule has 0 bridgehead atoms. The van der Waals surface area contributed by atoms with Gasteiger partial charge in [0.25, 0.3) is 0 Å². The lowest BCUT2D eigenvalue weighted by atomic mass is 9.71. The van der Waals surface area contributed by atoms with E-state index in [1.807, 2.05) is 37.3 Å². The summed E-state index contributed by atoms with van der Waals surface area (Å²) in [5.74, 6) is -0.657. The van der Waals surface area contributed by atoms with Crippen LogP contribution in [0.5, 0.6) is 0 Å². The predicted molar refractivity (Wildman–Crippen MR) is 138 cm³/mol. The Morgan fingerprint density at radius 1 is 1.00 bits per heavy atom. The molecule has 2 aromatic carbocycles. The van der Waals surface area contributed by atoms with Crippen LogP contribution in [0.25, 0.3) is 11.1 Å². The van der Waals surface area contributed by atoms with E-state index < -0.39 is 24.0 Å². The van der Waals surface area contributed by atoms with Crippen LogP contribution in [0.15, 0.2) is 47.6 Å². The fraction of sp³-hybridized carbons (Fsp3) is 0.500. The zero-order chi connectivity index (χ0) is 26.6. The molecule has 0 radical (unpaired) electrons. The maximum atomic E-state index is 13.7. The molecule has 0 amide bonds. The third-order valence-corrected chi connectivity index (χ3v) is 7.80. The van der Waals surface area contributed by atoms with Crippen LogP contribution in [-0.2, 0) is 15.0 Å². The molecular formula is C30H34F3NO3. The summed E-state index contributed by atoms with van der Waals surface area (Å²) >= 11 is 0. The van der Waals surface area contributed by atoms with E-state index in [4.69, 9.17) is 4.84 Å². The summed E-state index contributed by atoms with van der Waals surface area (Å²) in [4.78, 5) is 30.0.